The first-order valence-electron chi connectivity index (χ1n) is 4.48. The molecule has 1 atom stereocenters. The molecule has 0 saturated carbocycles. The monoisotopic (exact) mass is 194 g/mol. The molecule has 1 aliphatic carbocycles. The summed E-state index contributed by atoms with van der Waals surface area (Å²) in [6.07, 6.45) is 0. The first kappa shape index (κ1) is 9.03. The molecule has 2 rings (SSSR count). The Labute approximate surface area is 83.5 Å². The Bertz CT molecular complexity index is 350. The molecule has 0 saturated heterocycles. The van der Waals surface area contributed by atoms with Gasteiger partial charge in [-0.05, 0) is 50.0 Å². The maximum absolute atomic E-state index is 4.40. The zero-order valence-corrected chi connectivity index (χ0v) is 9.25. The summed E-state index contributed by atoms with van der Waals surface area (Å²) in [7, 11) is 0. The standard InChI is InChI=1S/C10H14N2S/c1-5-6(2)8(4)10-9(7(5)3)11-13-12-10/h9,11H,1-4H3. The number of rotatable bonds is 0. The number of fused-ring (bicyclic) bond motifs is 1. The normalized spacial score (nSPS) is 28.0. The average Bonchev–Trinajstić information content (AvgIpc) is 2.59. The second-order valence-electron chi connectivity index (χ2n) is 3.68. The van der Waals surface area contributed by atoms with E-state index in [0.717, 1.165) is 0 Å². The van der Waals surface area contributed by atoms with E-state index in [-0.39, 0.29) is 0 Å². The molecule has 0 fully saturated rings. The Morgan fingerprint density at radius 2 is 1.77 bits per heavy atom. The van der Waals surface area contributed by atoms with Crippen LogP contribution in [0.25, 0.3) is 0 Å². The zero-order chi connectivity index (χ0) is 9.59. The number of hydrogen-bond donors (Lipinski definition) is 1. The van der Waals surface area contributed by atoms with Gasteiger partial charge in [0, 0.05) is 0 Å². The van der Waals surface area contributed by atoms with Crippen LogP contribution in [0.2, 0.25) is 0 Å². The van der Waals surface area contributed by atoms with Gasteiger partial charge in [-0.1, -0.05) is 0 Å². The van der Waals surface area contributed by atoms with Gasteiger partial charge in [-0.3, -0.25) is 0 Å². The van der Waals surface area contributed by atoms with Gasteiger partial charge < -0.3 is 0 Å². The highest BCUT2D eigenvalue weighted by Gasteiger charge is 2.30. The molecular formula is C10H14N2S. The molecule has 1 N–H and O–H groups in total. The second-order valence-corrected chi connectivity index (χ2v) is 4.28. The van der Waals surface area contributed by atoms with Crippen LogP contribution in [-0.2, 0) is 0 Å². The van der Waals surface area contributed by atoms with Gasteiger partial charge in [0.15, 0.2) is 0 Å². The van der Waals surface area contributed by atoms with Crippen molar-refractivity contribution >= 4 is 17.8 Å². The van der Waals surface area contributed by atoms with Crippen molar-refractivity contribution in [3.63, 3.8) is 0 Å². The lowest BCUT2D eigenvalue weighted by atomic mass is 9.84. The minimum atomic E-state index is 0.355. The van der Waals surface area contributed by atoms with Crippen molar-refractivity contribution in [2.45, 2.75) is 33.7 Å². The minimum absolute atomic E-state index is 0.355. The molecule has 0 amide bonds. The molecule has 1 unspecified atom stereocenters. The van der Waals surface area contributed by atoms with E-state index in [1.54, 1.807) is 0 Å². The SMILES string of the molecule is CC1=C(C)C(C)=C(C)C2NSN=C12. The van der Waals surface area contributed by atoms with Crippen molar-refractivity contribution in [1.29, 1.82) is 0 Å². The predicted molar refractivity (Wildman–Crippen MR) is 58.7 cm³/mol. The summed E-state index contributed by atoms with van der Waals surface area (Å²) in [5.41, 5.74) is 6.76. The quantitative estimate of drug-likeness (QED) is 0.599. The Balaban J connectivity index is 2.57. The van der Waals surface area contributed by atoms with Crippen LogP contribution in [0.15, 0.2) is 26.7 Å². The van der Waals surface area contributed by atoms with Crippen LogP contribution < -0.4 is 4.72 Å². The van der Waals surface area contributed by atoms with Crippen molar-refractivity contribution in [3.05, 3.63) is 22.3 Å². The number of hydrogen-bond acceptors (Lipinski definition) is 3. The van der Waals surface area contributed by atoms with E-state index < -0.39 is 0 Å². The lowest BCUT2D eigenvalue weighted by molar-refractivity contribution is 0.901. The largest absolute Gasteiger partial charge is 0.231 e. The van der Waals surface area contributed by atoms with Gasteiger partial charge >= 0.3 is 0 Å². The lowest BCUT2D eigenvalue weighted by Crippen LogP contribution is -2.33. The Morgan fingerprint density at radius 3 is 2.46 bits per heavy atom. The summed E-state index contributed by atoms with van der Waals surface area (Å²) in [6, 6.07) is 0.355. The van der Waals surface area contributed by atoms with E-state index >= 15 is 0 Å². The zero-order valence-electron chi connectivity index (χ0n) is 8.43. The van der Waals surface area contributed by atoms with Gasteiger partial charge in [-0.25, -0.2) is 9.12 Å². The van der Waals surface area contributed by atoms with E-state index in [4.69, 9.17) is 0 Å². The predicted octanol–water partition coefficient (Wildman–Crippen LogP) is 2.65. The first-order valence-corrected chi connectivity index (χ1v) is 5.25. The smallest absolute Gasteiger partial charge is 0.0833 e. The third-order valence-electron chi connectivity index (χ3n) is 3.12. The molecule has 1 aliphatic heterocycles. The van der Waals surface area contributed by atoms with Crippen LogP contribution in [0.4, 0.5) is 0 Å². The maximum Gasteiger partial charge on any atom is 0.0833 e. The van der Waals surface area contributed by atoms with Gasteiger partial charge in [-0.2, -0.15) is 0 Å². The first-order chi connectivity index (χ1) is 6.13. The Hall–Kier alpha value is -0.540. The van der Waals surface area contributed by atoms with Gasteiger partial charge in [0.2, 0.25) is 0 Å². The van der Waals surface area contributed by atoms with Gasteiger partial charge in [0.05, 0.1) is 23.9 Å². The van der Waals surface area contributed by atoms with Crippen LogP contribution in [-0.4, -0.2) is 11.8 Å². The van der Waals surface area contributed by atoms with Crippen molar-refractivity contribution in [1.82, 2.24) is 4.72 Å². The number of nitrogens with zero attached hydrogens (tertiary/aromatic N) is 1. The van der Waals surface area contributed by atoms with E-state index in [1.807, 2.05) is 0 Å². The van der Waals surface area contributed by atoms with Crippen LogP contribution in [0.3, 0.4) is 0 Å². The summed E-state index contributed by atoms with van der Waals surface area (Å²) < 4.78 is 7.71. The van der Waals surface area contributed by atoms with E-state index in [2.05, 4.69) is 36.8 Å². The Kier molecular flexibility index (Phi) is 2.08. The topological polar surface area (TPSA) is 24.4 Å². The van der Waals surface area contributed by atoms with E-state index in [9.17, 15) is 0 Å². The highest BCUT2D eigenvalue weighted by atomic mass is 32.2. The summed E-state index contributed by atoms with van der Waals surface area (Å²) >= 11 is 1.46. The molecule has 2 aliphatic rings. The summed E-state index contributed by atoms with van der Waals surface area (Å²) in [6.45, 7) is 8.71. The van der Waals surface area contributed by atoms with Crippen molar-refractivity contribution < 1.29 is 0 Å². The van der Waals surface area contributed by atoms with Crippen LogP contribution in [0.1, 0.15) is 27.7 Å². The maximum atomic E-state index is 4.40. The third kappa shape index (κ3) is 1.18. The average molecular weight is 194 g/mol. The van der Waals surface area contributed by atoms with Crippen LogP contribution in [0, 0.1) is 0 Å². The molecule has 13 heavy (non-hydrogen) atoms. The van der Waals surface area contributed by atoms with Gasteiger partial charge in [0.25, 0.3) is 0 Å². The van der Waals surface area contributed by atoms with Crippen molar-refractivity contribution in [3.8, 4) is 0 Å². The molecule has 0 aromatic heterocycles. The fourth-order valence-electron chi connectivity index (χ4n) is 1.80. The van der Waals surface area contributed by atoms with Crippen LogP contribution in [0.5, 0.6) is 0 Å². The number of nitrogens with one attached hydrogen (secondary N) is 1. The molecule has 1 heterocycles. The van der Waals surface area contributed by atoms with Crippen LogP contribution >= 0.6 is 12.1 Å². The van der Waals surface area contributed by atoms with Crippen molar-refractivity contribution in [2.75, 3.05) is 0 Å². The molecule has 70 valence electrons. The Morgan fingerprint density at radius 1 is 1.08 bits per heavy atom. The van der Waals surface area contributed by atoms with E-state index in [0.29, 0.717) is 6.04 Å². The molecule has 0 aromatic carbocycles. The molecule has 2 nitrogen and oxygen atoms in total. The molecule has 0 radical (unpaired) electrons. The molecule has 0 spiro atoms. The fourth-order valence-corrected chi connectivity index (χ4v) is 2.59. The summed E-state index contributed by atoms with van der Waals surface area (Å²) in [4.78, 5) is 0. The third-order valence-corrected chi connectivity index (χ3v) is 3.75. The second kappa shape index (κ2) is 3.00. The molecule has 3 heteroatoms. The fraction of sp³-hybridized carbons (Fsp3) is 0.500. The van der Waals surface area contributed by atoms with Crippen molar-refractivity contribution in [2.24, 2.45) is 4.40 Å². The molecule has 0 bridgehead atoms. The summed E-state index contributed by atoms with van der Waals surface area (Å²) in [5, 5.41) is 0. The van der Waals surface area contributed by atoms with Gasteiger partial charge in [-0.15, -0.1) is 0 Å². The molecular weight excluding hydrogens is 180 g/mol. The summed E-state index contributed by atoms with van der Waals surface area (Å²) in [5.74, 6) is 0. The number of allylic oxidation sites excluding steroid dienone is 2. The van der Waals surface area contributed by atoms with E-state index in [1.165, 1.54) is 40.1 Å². The molecule has 0 aromatic rings. The minimum Gasteiger partial charge on any atom is -0.231 e. The highest BCUT2D eigenvalue weighted by molar-refractivity contribution is 7.96. The van der Waals surface area contributed by atoms with Gasteiger partial charge in [0.1, 0.15) is 0 Å². The highest BCUT2D eigenvalue weighted by Crippen LogP contribution is 2.32. The lowest BCUT2D eigenvalue weighted by Gasteiger charge is -2.24.